The van der Waals surface area contributed by atoms with Crippen LogP contribution in [-0.2, 0) is 4.79 Å². The Hall–Kier alpha value is -1.91. The molecule has 2 atom stereocenters. The van der Waals surface area contributed by atoms with Gasteiger partial charge in [0, 0.05) is 11.7 Å². The molecule has 1 amide bonds. The van der Waals surface area contributed by atoms with Gasteiger partial charge in [0.25, 0.3) is 0 Å². The number of amides is 1. The van der Waals surface area contributed by atoms with E-state index in [-0.39, 0.29) is 18.1 Å². The van der Waals surface area contributed by atoms with Crippen molar-refractivity contribution in [3.63, 3.8) is 0 Å². The molecule has 0 bridgehead atoms. The molecule has 116 valence electrons. The minimum atomic E-state index is 0.0366. The number of nitrogens with one attached hydrogen (secondary N) is 1. The highest BCUT2D eigenvalue weighted by Crippen LogP contribution is 2.35. The van der Waals surface area contributed by atoms with Crippen LogP contribution in [0.15, 0.2) is 18.2 Å². The van der Waals surface area contributed by atoms with E-state index in [2.05, 4.69) is 24.1 Å². The van der Waals surface area contributed by atoms with Gasteiger partial charge in [0.05, 0.1) is 18.8 Å². The van der Waals surface area contributed by atoms with Crippen LogP contribution >= 0.6 is 0 Å². The summed E-state index contributed by atoms with van der Waals surface area (Å²) in [5.41, 5.74) is 7.44. The third-order valence-electron chi connectivity index (χ3n) is 3.85. The standard InChI is InChI=1S/C16H25N3O2/c1-4-11(3)18-16(20)10-19-9-13(5-2)21-15-7-6-12(17)8-14(15)19/h6-8,11,13H,4-5,9-10,17H2,1-3H3,(H,18,20). The van der Waals surface area contributed by atoms with Gasteiger partial charge in [0.15, 0.2) is 0 Å². The average molecular weight is 291 g/mol. The maximum Gasteiger partial charge on any atom is 0.239 e. The smallest absolute Gasteiger partial charge is 0.239 e. The van der Waals surface area contributed by atoms with E-state index in [9.17, 15) is 4.79 Å². The highest BCUT2D eigenvalue weighted by atomic mass is 16.5. The molecule has 21 heavy (non-hydrogen) atoms. The van der Waals surface area contributed by atoms with Crippen molar-refractivity contribution >= 4 is 17.3 Å². The SMILES string of the molecule is CCC(C)NC(=O)CN1CC(CC)Oc2ccc(N)cc21. The van der Waals surface area contributed by atoms with Crippen molar-refractivity contribution in [2.75, 3.05) is 23.7 Å². The molecule has 0 saturated carbocycles. The molecule has 0 saturated heterocycles. The first kappa shape index (κ1) is 15.5. The zero-order valence-corrected chi connectivity index (χ0v) is 13.1. The van der Waals surface area contributed by atoms with Crippen molar-refractivity contribution in [2.24, 2.45) is 0 Å². The van der Waals surface area contributed by atoms with E-state index in [1.165, 1.54) is 0 Å². The molecule has 1 aromatic carbocycles. The lowest BCUT2D eigenvalue weighted by molar-refractivity contribution is -0.120. The molecule has 0 aromatic heterocycles. The number of benzene rings is 1. The first-order chi connectivity index (χ1) is 10.0. The number of ether oxygens (including phenoxy) is 1. The number of carbonyl (C=O) groups is 1. The Morgan fingerprint density at radius 3 is 2.95 bits per heavy atom. The fourth-order valence-corrected chi connectivity index (χ4v) is 2.40. The van der Waals surface area contributed by atoms with Crippen molar-refractivity contribution in [3.05, 3.63) is 18.2 Å². The second-order valence-corrected chi connectivity index (χ2v) is 5.63. The summed E-state index contributed by atoms with van der Waals surface area (Å²) in [7, 11) is 0. The Morgan fingerprint density at radius 2 is 2.29 bits per heavy atom. The molecular weight excluding hydrogens is 266 g/mol. The largest absolute Gasteiger partial charge is 0.486 e. The number of nitrogens with two attached hydrogens (primary N) is 1. The van der Waals surface area contributed by atoms with Crippen LogP contribution in [0.25, 0.3) is 0 Å². The lowest BCUT2D eigenvalue weighted by Gasteiger charge is -2.36. The van der Waals surface area contributed by atoms with Gasteiger partial charge in [-0.3, -0.25) is 4.79 Å². The molecule has 3 N–H and O–H groups in total. The molecule has 1 aromatic rings. The van der Waals surface area contributed by atoms with E-state index < -0.39 is 0 Å². The van der Waals surface area contributed by atoms with E-state index >= 15 is 0 Å². The molecule has 5 heteroatoms. The minimum absolute atomic E-state index is 0.0366. The van der Waals surface area contributed by atoms with E-state index in [0.717, 1.165) is 24.3 Å². The average Bonchev–Trinajstić information content (AvgIpc) is 2.47. The number of hydrogen-bond acceptors (Lipinski definition) is 4. The predicted octanol–water partition coefficient (Wildman–Crippen LogP) is 2.16. The number of carbonyl (C=O) groups excluding carboxylic acids is 1. The quantitative estimate of drug-likeness (QED) is 0.816. The molecule has 1 heterocycles. The first-order valence-electron chi connectivity index (χ1n) is 7.64. The molecule has 0 radical (unpaired) electrons. The van der Waals surface area contributed by atoms with Crippen LogP contribution in [-0.4, -0.2) is 31.1 Å². The van der Waals surface area contributed by atoms with E-state index in [1.807, 2.05) is 25.1 Å². The van der Waals surface area contributed by atoms with Crippen LogP contribution in [0.2, 0.25) is 0 Å². The number of nitrogens with zero attached hydrogens (tertiary/aromatic N) is 1. The summed E-state index contributed by atoms with van der Waals surface area (Å²) in [6, 6.07) is 5.78. The van der Waals surface area contributed by atoms with Crippen molar-refractivity contribution in [3.8, 4) is 5.75 Å². The van der Waals surface area contributed by atoms with Gasteiger partial charge in [-0.2, -0.15) is 0 Å². The summed E-state index contributed by atoms with van der Waals surface area (Å²) < 4.78 is 5.92. The molecular formula is C16H25N3O2. The van der Waals surface area contributed by atoms with Gasteiger partial charge in [-0.05, 0) is 38.0 Å². The minimum Gasteiger partial charge on any atom is -0.486 e. The number of hydrogen-bond donors (Lipinski definition) is 2. The van der Waals surface area contributed by atoms with Crippen LogP contribution in [0.4, 0.5) is 11.4 Å². The van der Waals surface area contributed by atoms with Crippen molar-refractivity contribution in [1.29, 1.82) is 0 Å². The molecule has 2 rings (SSSR count). The van der Waals surface area contributed by atoms with E-state index in [1.54, 1.807) is 0 Å². The second kappa shape index (κ2) is 6.70. The van der Waals surface area contributed by atoms with Crippen LogP contribution in [0.5, 0.6) is 5.75 Å². The Morgan fingerprint density at radius 1 is 1.52 bits per heavy atom. The maximum absolute atomic E-state index is 12.1. The van der Waals surface area contributed by atoms with Crippen LogP contribution in [0.3, 0.4) is 0 Å². The van der Waals surface area contributed by atoms with Crippen LogP contribution in [0.1, 0.15) is 33.6 Å². The molecule has 5 nitrogen and oxygen atoms in total. The van der Waals surface area contributed by atoms with Crippen LogP contribution < -0.4 is 20.7 Å². The van der Waals surface area contributed by atoms with Crippen molar-refractivity contribution in [2.45, 2.75) is 45.8 Å². The molecule has 2 unspecified atom stereocenters. The Kier molecular flexibility index (Phi) is 4.94. The van der Waals surface area contributed by atoms with Gasteiger partial charge >= 0.3 is 0 Å². The highest BCUT2D eigenvalue weighted by molar-refractivity contribution is 5.83. The highest BCUT2D eigenvalue weighted by Gasteiger charge is 2.26. The summed E-state index contributed by atoms with van der Waals surface area (Å²) in [5, 5.41) is 3.00. The summed E-state index contributed by atoms with van der Waals surface area (Å²) in [6.45, 7) is 7.20. The van der Waals surface area contributed by atoms with Gasteiger partial charge in [-0.1, -0.05) is 13.8 Å². The van der Waals surface area contributed by atoms with Gasteiger partial charge in [0.2, 0.25) is 5.91 Å². The Balaban J connectivity index is 2.15. The summed E-state index contributed by atoms with van der Waals surface area (Å²) in [4.78, 5) is 14.2. The van der Waals surface area contributed by atoms with E-state index in [0.29, 0.717) is 18.8 Å². The Labute approximate surface area is 126 Å². The van der Waals surface area contributed by atoms with Gasteiger partial charge in [-0.15, -0.1) is 0 Å². The van der Waals surface area contributed by atoms with E-state index in [4.69, 9.17) is 10.5 Å². The number of rotatable bonds is 5. The predicted molar refractivity (Wildman–Crippen MR) is 85.7 cm³/mol. The second-order valence-electron chi connectivity index (χ2n) is 5.63. The third kappa shape index (κ3) is 3.80. The zero-order valence-electron chi connectivity index (χ0n) is 13.1. The fraction of sp³-hybridized carbons (Fsp3) is 0.562. The number of nitrogen functional groups attached to an aromatic ring is 1. The monoisotopic (exact) mass is 291 g/mol. The normalized spacial score (nSPS) is 18.6. The summed E-state index contributed by atoms with van der Waals surface area (Å²) in [6.07, 6.45) is 1.95. The molecule has 1 aliphatic rings. The fourth-order valence-electron chi connectivity index (χ4n) is 2.40. The number of fused-ring (bicyclic) bond motifs is 1. The maximum atomic E-state index is 12.1. The zero-order chi connectivity index (χ0) is 15.4. The Bertz CT molecular complexity index is 504. The number of anilines is 2. The lowest BCUT2D eigenvalue weighted by Crippen LogP contribution is -2.46. The van der Waals surface area contributed by atoms with Gasteiger partial charge in [-0.25, -0.2) is 0 Å². The van der Waals surface area contributed by atoms with Crippen LogP contribution in [0, 0.1) is 0 Å². The van der Waals surface area contributed by atoms with Crippen molar-refractivity contribution < 1.29 is 9.53 Å². The topological polar surface area (TPSA) is 67.6 Å². The summed E-state index contributed by atoms with van der Waals surface area (Å²) in [5.74, 6) is 0.841. The van der Waals surface area contributed by atoms with Gasteiger partial charge in [0.1, 0.15) is 11.9 Å². The lowest BCUT2D eigenvalue weighted by atomic mass is 10.1. The first-order valence-corrected chi connectivity index (χ1v) is 7.64. The summed E-state index contributed by atoms with van der Waals surface area (Å²) >= 11 is 0. The molecule has 0 fully saturated rings. The third-order valence-corrected chi connectivity index (χ3v) is 3.85. The van der Waals surface area contributed by atoms with Crippen molar-refractivity contribution in [1.82, 2.24) is 5.32 Å². The molecule has 0 aliphatic carbocycles. The molecule has 0 spiro atoms. The van der Waals surface area contributed by atoms with Gasteiger partial charge < -0.3 is 20.7 Å². The molecule has 1 aliphatic heterocycles.